The molecule has 0 radical (unpaired) electrons. The van der Waals surface area contributed by atoms with Gasteiger partial charge in [0.25, 0.3) is 5.91 Å². The molecule has 1 heterocycles. The van der Waals surface area contributed by atoms with E-state index in [4.69, 9.17) is 4.74 Å². The van der Waals surface area contributed by atoms with Crippen LogP contribution in [0.5, 0.6) is 11.5 Å². The fourth-order valence-electron chi connectivity index (χ4n) is 2.37. The molecule has 1 aromatic heterocycles. The summed E-state index contributed by atoms with van der Waals surface area (Å²) in [6.45, 7) is 1.84. The first-order chi connectivity index (χ1) is 13.0. The van der Waals surface area contributed by atoms with E-state index in [2.05, 4.69) is 31.4 Å². The first-order valence-electron chi connectivity index (χ1n) is 7.92. The monoisotopic (exact) mass is 445 g/mol. The molecule has 6 nitrogen and oxygen atoms in total. The zero-order valence-electron chi connectivity index (χ0n) is 14.6. The third kappa shape index (κ3) is 4.35. The number of phenols is 1. The van der Waals surface area contributed by atoms with Crippen LogP contribution in [0.15, 0.2) is 52.0 Å². The minimum atomic E-state index is -0.413. The molecule has 0 bridgehead atoms. The molecule has 1 amide bonds. The molecule has 0 fully saturated rings. The van der Waals surface area contributed by atoms with Gasteiger partial charge in [0, 0.05) is 20.5 Å². The predicted molar refractivity (Wildman–Crippen MR) is 110 cm³/mol. The molecule has 8 heteroatoms. The van der Waals surface area contributed by atoms with Gasteiger partial charge in [-0.05, 0) is 19.1 Å². The lowest BCUT2D eigenvalue weighted by molar-refractivity contribution is 0.0950. The van der Waals surface area contributed by atoms with Crippen LogP contribution in [0.1, 0.15) is 20.9 Å². The first kappa shape index (κ1) is 19.1. The third-order valence-electron chi connectivity index (χ3n) is 3.69. The minimum Gasteiger partial charge on any atom is -0.504 e. The fourth-order valence-corrected chi connectivity index (χ4v) is 3.74. The number of phenolic OH excluding ortho intramolecular Hbond substituents is 1. The van der Waals surface area contributed by atoms with Crippen molar-refractivity contribution in [1.82, 2.24) is 10.4 Å². The SMILES string of the molecule is COc1cc(Br)cc(/C=N\NC(=O)c2nc(-c3ccccc3)sc2C)c1O. The van der Waals surface area contributed by atoms with Crippen LogP contribution >= 0.6 is 27.3 Å². The molecule has 0 unspecified atom stereocenters. The molecule has 138 valence electrons. The van der Waals surface area contributed by atoms with E-state index in [0.29, 0.717) is 21.5 Å². The van der Waals surface area contributed by atoms with Crippen molar-refractivity contribution in [2.45, 2.75) is 6.92 Å². The number of methoxy groups -OCH3 is 1. The van der Waals surface area contributed by atoms with Gasteiger partial charge in [-0.3, -0.25) is 4.79 Å². The van der Waals surface area contributed by atoms with Crippen LogP contribution in [0.25, 0.3) is 10.6 Å². The smallest absolute Gasteiger partial charge is 0.291 e. The third-order valence-corrected chi connectivity index (χ3v) is 5.17. The van der Waals surface area contributed by atoms with Crippen LogP contribution in [-0.4, -0.2) is 29.3 Å². The van der Waals surface area contributed by atoms with Gasteiger partial charge in [0.1, 0.15) is 10.7 Å². The van der Waals surface area contributed by atoms with Crippen LogP contribution in [-0.2, 0) is 0 Å². The molecule has 0 aliphatic carbocycles. The maximum absolute atomic E-state index is 12.4. The normalized spacial score (nSPS) is 10.9. The molecule has 0 aliphatic rings. The summed E-state index contributed by atoms with van der Waals surface area (Å²) in [4.78, 5) is 17.6. The number of carbonyl (C=O) groups is 1. The average molecular weight is 446 g/mol. The number of rotatable bonds is 5. The fraction of sp³-hybridized carbons (Fsp3) is 0.105. The second-order valence-electron chi connectivity index (χ2n) is 5.53. The number of hydrogen-bond acceptors (Lipinski definition) is 6. The molecule has 3 aromatic rings. The van der Waals surface area contributed by atoms with E-state index in [-0.39, 0.29) is 5.75 Å². The van der Waals surface area contributed by atoms with Gasteiger partial charge < -0.3 is 9.84 Å². The minimum absolute atomic E-state index is 0.0603. The zero-order chi connectivity index (χ0) is 19.4. The zero-order valence-corrected chi connectivity index (χ0v) is 17.0. The Bertz CT molecular complexity index is 1000. The Morgan fingerprint density at radius 3 is 2.78 bits per heavy atom. The highest BCUT2D eigenvalue weighted by Gasteiger charge is 2.16. The van der Waals surface area contributed by atoms with Crippen molar-refractivity contribution in [3.05, 3.63) is 63.1 Å². The Hall–Kier alpha value is -2.71. The van der Waals surface area contributed by atoms with Crippen molar-refractivity contribution >= 4 is 39.4 Å². The Morgan fingerprint density at radius 1 is 1.33 bits per heavy atom. The molecule has 0 saturated heterocycles. The number of hydrazone groups is 1. The number of aromatic nitrogens is 1. The molecule has 2 aromatic carbocycles. The molecular formula is C19H16BrN3O3S. The molecular weight excluding hydrogens is 430 g/mol. The number of carbonyl (C=O) groups excluding carboxylic acids is 1. The number of thiazole rings is 1. The van der Waals surface area contributed by atoms with E-state index < -0.39 is 5.91 Å². The highest BCUT2D eigenvalue weighted by molar-refractivity contribution is 9.10. The number of nitrogens with one attached hydrogen (secondary N) is 1. The molecule has 0 atom stereocenters. The summed E-state index contributed by atoms with van der Waals surface area (Å²) in [6.07, 6.45) is 1.35. The number of nitrogens with zero attached hydrogens (tertiary/aromatic N) is 2. The van der Waals surface area contributed by atoms with Gasteiger partial charge in [-0.2, -0.15) is 5.10 Å². The Balaban J connectivity index is 1.76. The topological polar surface area (TPSA) is 83.8 Å². The van der Waals surface area contributed by atoms with E-state index in [1.54, 1.807) is 12.1 Å². The van der Waals surface area contributed by atoms with E-state index in [1.165, 1.54) is 24.7 Å². The van der Waals surface area contributed by atoms with Gasteiger partial charge in [0.2, 0.25) is 0 Å². The van der Waals surface area contributed by atoms with Crippen LogP contribution in [0.2, 0.25) is 0 Å². The number of aromatic hydroxyl groups is 1. The van der Waals surface area contributed by atoms with E-state index in [1.807, 2.05) is 37.3 Å². The first-order valence-corrected chi connectivity index (χ1v) is 9.53. The van der Waals surface area contributed by atoms with Gasteiger partial charge in [-0.15, -0.1) is 11.3 Å². The summed E-state index contributed by atoms with van der Waals surface area (Å²) in [6, 6.07) is 13.0. The van der Waals surface area contributed by atoms with Crippen LogP contribution in [0.3, 0.4) is 0 Å². The van der Waals surface area contributed by atoms with Crippen molar-refractivity contribution in [3.8, 4) is 22.1 Å². The van der Waals surface area contributed by atoms with E-state index in [9.17, 15) is 9.90 Å². The number of ether oxygens (including phenoxy) is 1. The highest BCUT2D eigenvalue weighted by Crippen LogP contribution is 2.32. The summed E-state index contributed by atoms with van der Waals surface area (Å²) in [5, 5.41) is 14.8. The number of aryl methyl sites for hydroxylation is 1. The quantitative estimate of drug-likeness (QED) is 0.451. The molecule has 0 aliphatic heterocycles. The largest absolute Gasteiger partial charge is 0.504 e. The Kier molecular flexibility index (Phi) is 5.88. The summed E-state index contributed by atoms with van der Waals surface area (Å²) in [5.41, 5.74) is 4.13. The van der Waals surface area contributed by atoms with Gasteiger partial charge >= 0.3 is 0 Å². The summed E-state index contributed by atoms with van der Waals surface area (Å²) in [7, 11) is 1.46. The lowest BCUT2D eigenvalue weighted by Gasteiger charge is -2.06. The van der Waals surface area contributed by atoms with Crippen LogP contribution < -0.4 is 10.2 Å². The van der Waals surface area contributed by atoms with E-state index in [0.717, 1.165) is 15.4 Å². The van der Waals surface area contributed by atoms with Gasteiger partial charge in [-0.1, -0.05) is 46.3 Å². The van der Waals surface area contributed by atoms with Crippen molar-refractivity contribution in [2.24, 2.45) is 5.10 Å². The summed E-state index contributed by atoms with van der Waals surface area (Å²) >= 11 is 4.78. The number of amides is 1. The maximum Gasteiger partial charge on any atom is 0.291 e. The second-order valence-corrected chi connectivity index (χ2v) is 7.65. The summed E-state index contributed by atoms with van der Waals surface area (Å²) in [5.74, 6) is -0.168. The van der Waals surface area contributed by atoms with Gasteiger partial charge in [-0.25, -0.2) is 10.4 Å². The molecule has 2 N–H and O–H groups in total. The number of hydrogen-bond donors (Lipinski definition) is 2. The lowest BCUT2D eigenvalue weighted by Crippen LogP contribution is -2.19. The number of benzene rings is 2. The molecule has 0 spiro atoms. The standard InChI is InChI=1S/C19H16BrN3O3S/c1-11-16(22-19(27-11)12-6-4-3-5-7-12)18(25)23-21-10-13-8-14(20)9-15(26-2)17(13)24/h3-10,24H,1-2H3,(H,23,25)/b21-10-. The van der Waals surface area contributed by atoms with E-state index >= 15 is 0 Å². The Labute approximate surface area is 168 Å². The van der Waals surface area contributed by atoms with Crippen LogP contribution in [0.4, 0.5) is 0 Å². The van der Waals surface area contributed by atoms with Crippen molar-refractivity contribution < 1.29 is 14.6 Å². The Morgan fingerprint density at radius 2 is 2.07 bits per heavy atom. The number of halogens is 1. The lowest BCUT2D eigenvalue weighted by atomic mass is 10.2. The highest BCUT2D eigenvalue weighted by atomic mass is 79.9. The molecule has 3 rings (SSSR count). The molecule has 0 saturated carbocycles. The average Bonchev–Trinajstić information content (AvgIpc) is 3.06. The van der Waals surface area contributed by atoms with Gasteiger partial charge in [0.15, 0.2) is 11.5 Å². The van der Waals surface area contributed by atoms with Gasteiger partial charge in [0.05, 0.1) is 13.3 Å². The van der Waals surface area contributed by atoms with Crippen LogP contribution in [0, 0.1) is 6.92 Å². The van der Waals surface area contributed by atoms with Crippen molar-refractivity contribution in [1.29, 1.82) is 0 Å². The van der Waals surface area contributed by atoms with Crippen molar-refractivity contribution in [3.63, 3.8) is 0 Å². The van der Waals surface area contributed by atoms with Crippen molar-refractivity contribution in [2.75, 3.05) is 7.11 Å². The predicted octanol–water partition coefficient (Wildman–Crippen LogP) is 4.36. The maximum atomic E-state index is 12.4. The second kappa shape index (κ2) is 8.32. The summed E-state index contributed by atoms with van der Waals surface area (Å²) < 4.78 is 5.80. The molecule has 27 heavy (non-hydrogen) atoms.